The minimum absolute atomic E-state index is 0.505. The summed E-state index contributed by atoms with van der Waals surface area (Å²) < 4.78 is 5.17. The van der Waals surface area contributed by atoms with Crippen molar-refractivity contribution in [3.63, 3.8) is 0 Å². The second kappa shape index (κ2) is 5.87. The smallest absolute Gasteiger partial charge is 0.412 e. The Morgan fingerprint density at radius 1 is 1.50 bits per heavy atom. The molecule has 0 aromatic heterocycles. The minimum Gasteiger partial charge on any atom is -0.444 e. The molecular weight excluding hydrogens is 296 g/mol. The van der Waals surface area contributed by atoms with Crippen LogP contribution in [0.25, 0.3) is 0 Å². The van der Waals surface area contributed by atoms with E-state index in [9.17, 15) is 4.79 Å². The van der Waals surface area contributed by atoms with E-state index in [1.54, 1.807) is 39.0 Å². The number of halogens is 1. The number of ether oxygens (including phenoxy) is 1. The molecule has 5 heteroatoms. The fourth-order valence-electron chi connectivity index (χ4n) is 1.31. The Bertz CT molecular complexity index is 487. The van der Waals surface area contributed by atoms with Crippen molar-refractivity contribution < 1.29 is 9.53 Å². The summed E-state index contributed by atoms with van der Waals surface area (Å²) >= 11 is 3.32. The van der Waals surface area contributed by atoms with E-state index in [0.717, 1.165) is 5.56 Å². The van der Waals surface area contributed by atoms with E-state index < -0.39 is 11.7 Å². The highest BCUT2D eigenvalue weighted by Crippen LogP contribution is 2.21. The topological polar surface area (TPSA) is 62.1 Å². The molecule has 1 aromatic carbocycles. The molecule has 1 amide bonds. The Hall–Kier alpha value is -1.54. The SMILES string of the molecule is CC(C)(C)OC(=O)Nc1ccc(C#N)cc1CBr. The van der Waals surface area contributed by atoms with Gasteiger partial charge in [0.05, 0.1) is 11.6 Å². The first-order chi connectivity index (χ1) is 8.35. The van der Waals surface area contributed by atoms with Crippen molar-refractivity contribution in [2.75, 3.05) is 5.32 Å². The molecule has 4 nitrogen and oxygen atoms in total. The fourth-order valence-corrected chi connectivity index (χ4v) is 1.77. The molecule has 0 bridgehead atoms. The Kier molecular flexibility index (Phi) is 4.74. The zero-order chi connectivity index (χ0) is 13.8. The van der Waals surface area contributed by atoms with Gasteiger partial charge in [-0.15, -0.1) is 0 Å². The number of nitrogens with one attached hydrogen (secondary N) is 1. The van der Waals surface area contributed by atoms with Crippen molar-refractivity contribution >= 4 is 27.7 Å². The molecule has 18 heavy (non-hydrogen) atoms. The summed E-state index contributed by atoms with van der Waals surface area (Å²) in [5.41, 5.74) is 1.49. The molecule has 0 radical (unpaired) electrons. The Labute approximate surface area is 115 Å². The lowest BCUT2D eigenvalue weighted by Gasteiger charge is -2.20. The van der Waals surface area contributed by atoms with Crippen LogP contribution >= 0.6 is 15.9 Å². The predicted octanol–water partition coefficient (Wildman–Crippen LogP) is 3.80. The lowest BCUT2D eigenvalue weighted by atomic mass is 10.1. The molecule has 0 aliphatic heterocycles. The van der Waals surface area contributed by atoms with Gasteiger partial charge in [0.1, 0.15) is 5.60 Å². The van der Waals surface area contributed by atoms with E-state index in [1.807, 2.05) is 0 Å². The number of alkyl halides is 1. The lowest BCUT2D eigenvalue weighted by Crippen LogP contribution is -2.27. The molecule has 0 fully saturated rings. The van der Waals surface area contributed by atoms with Gasteiger partial charge in [-0.1, -0.05) is 15.9 Å². The Balaban J connectivity index is 2.85. The van der Waals surface area contributed by atoms with Crippen LogP contribution in [0, 0.1) is 11.3 Å². The monoisotopic (exact) mass is 310 g/mol. The number of anilines is 1. The largest absolute Gasteiger partial charge is 0.444 e. The van der Waals surface area contributed by atoms with Crippen LogP contribution in [0.2, 0.25) is 0 Å². The summed E-state index contributed by atoms with van der Waals surface area (Å²) in [7, 11) is 0. The minimum atomic E-state index is -0.536. The summed E-state index contributed by atoms with van der Waals surface area (Å²) in [6.45, 7) is 5.41. The standard InChI is InChI=1S/C13H15BrN2O2/c1-13(2,3)18-12(17)16-11-5-4-9(8-15)6-10(11)7-14/h4-6H,7H2,1-3H3,(H,16,17). The van der Waals surface area contributed by atoms with Crippen LogP contribution in [-0.2, 0) is 10.1 Å². The second-order valence-corrected chi connectivity index (χ2v) is 5.30. The van der Waals surface area contributed by atoms with Crippen LogP contribution in [0.5, 0.6) is 0 Å². The normalized spacial score (nSPS) is 10.6. The van der Waals surface area contributed by atoms with E-state index in [0.29, 0.717) is 16.6 Å². The summed E-state index contributed by atoms with van der Waals surface area (Å²) in [4.78, 5) is 11.6. The van der Waals surface area contributed by atoms with Crippen LogP contribution in [-0.4, -0.2) is 11.7 Å². The first-order valence-electron chi connectivity index (χ1n) is 5.44. The van der Waals surface area contributed by atoms with E-state index in [-0.39, 0.29) is 0 Å². The molecule has 1 N–H and O–H groups in total. The van der Waals surface area contributed by atoms with Crippen molar-refractivity contribution in [3.05, 3.63) is 29.3 Å². The molecule has 0 saturated carbocycles. The second-order valence-electron chi connectivity index (χ2n) is 4.74. The van der Waals surface area contributed by atoms with Gasteiger partial charge in [-0.25, -0.2) is 4.79 Å². The highest BCUT2D eigenvalue weighted by atomic mass is 79.9. The zero-order valence-electron chi connectivity index (χ0n) is 10.6. The van der Waals surface area contributed by atoms with E-state index in [4.69, 9.17) is 10.00 Å². The van der Waals surface area contributed by atoms with Crippen molar-refractivity contribution in [2.45, 2.75) is 31.7 Å². The molecule has 0 unspecified atom stereocenters. The van der Waals surface area contributed by atoms with Gasteiger partial charge in [0.15, 0.2) is 0 Å². The maximum atomic E-state index is 11.6. The highest BCUT2D eigenvalue weighted by Gasteiger charge is 2.17. The molecule has 0 atom stereocenters. The maximum Gasteiger partial charge on any atom is 0.412 e. The number of carbonyl (C=O) groups is 1. The number of nitriles is 1. The number of hydrogen-bond acceptors (Lipinski definition) is 3. The van der Waals surface area contributed by atoms with Gasteiger partial charge in [-0.05, 0) is 44.5 Å². The van der Waals surface area contributed by atoms with Crippen LogP contribution < -0.4 is 5.32 Å². The number of carbonyl (C=O) groups excluding carboxylic acids is 1. The van der Waals surface area contributed by atoms with Crippen molar-refractivity contribution in [3.8, 4) is 6.07 Å². The summed E-state index contributed by atoms with van der Waals surface area (Å²) in [6.07, 6.45) is -0.505. The third-order valence-electron chi connectivity index (χ3n) is 2.01. The number of benzene rings is 1. The fraction of sp³-hybridized carbons (Fsp3) is 0.385. The molecule has 0 aliphatic rings. The highest BCUT2D eigenvalue weighted by molar-refractivity contribution is 9.08. The Morgan fingerprint density at radius 2 is 2.17 bits per heavy atom. The average molecular weight is 311 g/mol. The molecule has 0 spiro atoms. The quantitative estimate of drug-likeness (QED) is 0.845. The van der Waals surface area contributed by atoms with Crippen LogP contribution in [0.15, 0.2) is 18.2 Å². The van der Waals surface area contributed by atoms with E-state index in [1.165, 1.54) is 0 Å². The van der Waals surface area contributed by atoms with Gasteiger partial charge in [-0.3, -0.25) is 5.32 Å². The van der Waals surface area contributed by atoms with E-state index in [2.05, 4.69) is 27.3 Å². The first-order valence-corrected chi connectivity index (χ1v) is 6.57. The lowest BCUT2D eigenvalue weighted by molar-refractivity contribution is 0.0636. The Morgan fingerprint density at radius 3 is 2.67 bits per heavy atom. The maximum absolute atomic E-state index is 11.6. The van der Waals surface area contributed by atoms with E-state index >= 15 is 0 Å². The third-order valence-corrected chi connectivity index (χ3v) is 2.62. The van der Waals surface area contributed by atoms with Crippen molar-refractivity contribution in [2.24, 2.45) is 0 Å². The van der Waals surface area contributed by atoms with Gasteiger partial charge in [0, 0.05) is 11.0 Å². The molecule has 0 saturated heterocycles. The number of rotatable bonds is 2. The molecular formula is C13H15BrN2O2. The summed E-state index contributed by atoms with van der Waals surface area (Å²) in [5, 5.41) is 12.0. The molecule has 1 aromatic rings. The predicted molar refractivity (Wildman–Crippen MR) is 73.6 cm³/mol. The summed E-state index contributed by atoms with van der Waals surface area (Å²) in [6, 6.07) is 7.12. The van der Waals surface area contributed by atoms with Crippen molar-refractivity contribution in [1.29, 1.82) is 5.26 Å². The van der Waals surface area contributed by atoms with Crippen molar-refractivity contribution in [1.82, 2.24) is 0 Å². The first kappa shape index (κ1) is 14.5. The molecule has 0 aliphatic carbocycles. The van der Waals surface area contributed by atoms with Crippen LogP contribution in [0.3, 0.4) is 0 Å². The zero-order valence-corrected chi connectivity index (χ0v) is 12.2. The van der Waals surface area contributed by atoms with Gasteiger partial charge in [-0.2, -0.15) is 5.26 Å². The van der Waals surface area contributed by atoms with Gasteiger partial charge in [0.25, 0.3) is 0 Å². The average Bonchev–Trinajstić information content (AvgIpc) is 2.27. The van der Waals surface area contributed by atoms with Gasteiger partial charge < -0.3 is 4.74 Å². The van der Waals surface area contributed by atoms with Gasteiger partial charge in [0.2, 0.25) is 0 Å². The number of amides is 1. The molecule has 0 heterocycles. The number of nitrogens with zero attached hydrogens (tertiary/aromatic N) is 1. The van der Waals surface area contributed by atoms with Crippen LogP contribution in [0.1, 0.15) is 31.9 Å². The molecule has 96 valence electrons. The number of hydrogen-bond donors (Lipinski definition) is 1. The molecule has 1 rings (SSSR count). The summed E-state index contributed by atoms with van der Waals surface area (Å²) in [5.74, 6) is 0. The van der Waals surface area contributed by atoms with Gasteiger partial charge >= 0.3 is 6.09 Å². The third kappa shape index (κ3) is 4.38. The van der Waals surface area contributed by atoms with Crippen LogP contribution in [0.4, 0.5) is 10.5 Å².